The van der Waals surface area contributed by atoms with Crippen LogP contribution in [0.4, 0.5) is 0 Å². The molecule has 0 N–H and O–H groups in total. The molecule has 0 aromatic heterocycles. The highest BCUT2D eigenvalue weighted by Crippen LogP contribution is 2.48. The van der Waals surface area contributed by atoms with Gasteiger partial charge in [-0.05, 0) is 24.8 Å². The summed E-state index contributed by atoms with van der Waals surface area (Å²) in [6.07, 6.45) is 8.23. The van der Waals surface area contributed by atoms with Gasteiger partial charge in [-0.3, -0.25) is 4.57 Å². The largest absolute Gasteiger partial charge is 0.379 e. The monoisotopic (exact) mass is 466 g/mol. The molecule has 2 rings (SSSR count). The molecular weight excluding hydrogens is 427 g/mol. The number of rotatable bonds is 19. The van der Waals surface area contributed by atoms with Crippen molar-refractivity contribution in [1.82, 2.24) is 0 Å². The fourth-order valence-corrected chi connectivity index (χ4v) is 4.49. The van der Waals surface area contributed by atoms with E-state index in [0.717, 1.165) is 23.6 Å². The van der Waals surface area contributed by atoms with E-state index in [9.17, 15) is 4.57 Å². The molecule has 0 aliphatic carbocycles. The van der Waals surface area contributed by atoms with Crippen molar-refractivity contribution in [3.63, 3.8) is 0 Å². The molecule has 0 heterocycles. The topological polar surface area (TPSA) is 63.2 Å². The Balaban J connectivity index is 1.85. The molecule has 1 atom stereocenters. The third kappa shape index (κ3) is 10.5. The van der Waals surface area contributed by atoms with Crippen molar-refractivity contribution < 1.29 is 28.1 Å². The van der Waals surface area contributed by atoms with Crippen molar-refractivity contribution >= 4 is 18.4 Å². The second kappa shape index (κ2) is 16.2. The summed E-state index contributed by atoms with van der Waals surface area (Å²) in [6.45, 7) is 6.37. The number of ether oxygens (including phenoxy) is 2. The van der Waals surface area contributed by atoms with Gasteiger partial charge in [-0.25, -0.2) is 0 Å². The van der Waals surface area contributed by atoms with Gasteiger partial charge >= 0.3 is 7.60 Å². The fourth-order valence-electron chi connectivity index (χ4n) is 3.29. The minimum atomic E-state index is -3.47. The number of hydrogen-bond donors (Lipinski definition) is 0. The van der Waals surface area contributed by atoms with E-state index in [0.29, 0.717) is 32.2 Å². The molecule has 0 bridgehead atoms. The summed E-state index contributed by atoms with van der Waals surface area (Å²) in [7, 11) is -3.47. The molecular formula is C25H39O6P. The molecule has 1 unspecified atom stereocenters. The lowest BCUT2D eigenvalue weighted by Crippen LogP contribution is -2.11. The summed E-state index contributed by atoms with van der Waals surface area (Å²) >= 11 is 0. The predicted octanol–water partition coefficient (Wildman–Crippen LogP) is 7.16. The quantitative estimate of drug-likeness (QED) is 0.0947. The summed E-state index contributed by atoms with van der Waals surface area (Å²) in [5, 5.41) is 1.91. The zero-order valence-electron chi connectivity index (χ0n) is 19.6. The molecule has 0 aliphatic rings. The van der Waals surface area contributed by atoms with Gasteiger partial charge in [-0.15, -0.1) is 0 Å². The second-order valence-corrected chi connectivity index (χ2v) is 9.81. The van der Waals surface area contributed by atoms with Crippen LogP contribution in [0.2, 0.25) is 0 Å². The molecule has 32 heavy (non-hydrogen) atoms. The maximum Gasteiger partial charge on any atom is 0.371 e. The van der Waals surface area contributed by atoms with Crippen LogP contribution in [0, 0.1) is 0 Å². The lowest BCUT2D eigenvalue weighted by molar-refractivity contribution is -0.112. The first-order valence-corrected chi connectivity index (χ1v) is 13.6. The maximum atomic E-state index is 13.3. The van der Waals surface area contributed by atoms with Crippen LogP contribution in [0.25, 0.3) is 10.8 Å². The van der Waals surface area contributed by atoms with Crippen molar-refractivity contribution in [2.24, 2.45) is 0 Å². The van der Waals surface area contributed by atoms with E-state index in [-0.39, 0.29) is 12.8 Å². The first kappa shape index (κ1) is 26.8. The standard InChI is InChI=1S/C25H39O6P/c1-3-5-6-7-8-9-12-18-29-32(26,22-21-28-20-19-27-4-2)31-30-25-17-13-15-23-14-10-11-16-24(23)25/h10-11,13-17H,3-9,12,18-22H2,1-2H3. The predicted molar refractivity (Wildman–Crippen MR) is 129 cm³/mol. The molecule has 0 saturated carbocycles. The van der Waals surface area contributed by atoms with Gasteiger partial charge in [0.05, 0.1) is 32.6 Å². The van der Waals surface area contributed by atoms with Gasteiger partial charge in [-0.2, -0.15) is 0 Å². The maximum absolute atomic E-state index is 13.3. The van der Waals surface area contributed by atoms with Gasteiger partial charge in [0.25, 0.3) is 0 Å². The van der Waals surface area contributed by atoms with E-state index in [2.05, 4.69) is 6.92 Å². The molecule has 6 nitrogen and oxygen atoms in total. The lowest BCUT2D eigenvalue weighted by atomic mass is 10.1. The summed E-state index contributed by atoms with van der Waals surface area (Å²) in [5.74, 6) is 0.514. The highest BCUT2D eigenvalue weighted by Gasteiger charge is 2.27. The van der Waals surface area contributed by atoms with Crippen LogP contribution in [0.3, 0.4) is 0 Å². The Bertz CT molecular complexity index is 792. The van der Waals surface area contributed by atoms with Gasteiger partial charge < -0.3 is 18.9 Å². The molecule has 7 heteroatoms. The highest BCUT2D eigenvalue weighted by molar-refractivity contribution is 7.53. The Morgan fingerprint density at radius 2 is 1.47 bits per heavy atom. The number of fused-ring (bicyclic) bond motifs is 1. The van der Waals surface area contributed by atoms with Gasteiger partial charge in [0.2, 0.25) is 0 Å². The van der Waals surface area contributed by atoms with Crippen LogP contribution >= 0.6 is 7.60 Å². The molecule has 0 amide bonds. The summed E-state index contributed by atoms with van der Waals surface area (Å²) in [5.41, 5.74) is 0. The zero-order chi connectivity index (χ0) is 22.9. The van der Waals surface area contributed by atoms with Crippen LogP contribution in [-0.2, 0) is 23.2 Å². The molecule has 0 fully saturated rings. The Labute approximate surface area is 193 Å². The van der Waals surface area contributed by atoms with Crippen LogP contribution < -0.4 is 4.89 Å². The van der Waals surface area contributed by atoms with Crippen molar-refractivity contribution in [2.45, 2.75) is 58.8 Å². The zero-order valence-corrected chi connectivity index (χ0v) is 20.5. The summed E-state index contributed by atoms with van der Waals surface area (Å²) < 4.78 is 35.2. The molecule has 0 spiro atoms. The Hall–Kier alpha value is -1.43. The minimum absolute atomic E-state index is 0.125. The van der Waals surface area contributed by atoms with Gasteiger partial charge in [-0.1, -0.05) is 86.5 Å². The first-order chi connectivity index (χ1) is 15.7. The van der Waals surface area contributed by atoms with E-state index in [1.165, 1.54) is 32.1 Å². The Morgan fingerprint density at radius 1 is 0.750 bits per heavy atom. The highest BCUT2D eigenvalue weighted by atomic mass is 31.2. The van der Waals surface area contributed by atoms with E-state index < -0.39 is 7.60 Å². The average molecular weight is 467 g/mol. The summed E-state index contributed by atoms with van der Waals surface area (Å²) in [4.78, 5) is 5.53. The van der Waals surface area contributed by atoms with Crippen LogP contribution in [-0.4, -0.2) is 39.2 Å². The first-order valence-electron chi connectivity index (χ1n) is 11.9. The van der Waals surface area contributed by atoms with Crippen LogP contribution in [0.1, 0.15) is 58.8 Å². The average Bonchev–Trinajstić information content (AvgIpc) is 2.82. The molecule has 2 aromatic rings. The van der Waals surface area contributed by atoms with Crippen LogP contribution in [0.15, 0.2) is 42.5 Å². The third-order valence-electron chi connectivity index (χ3n) is 5.11. The van der Waals surface area contributed by atoms with Crippen molar-refractivity contribution in [2.75, 3.05) is 39.2 Å². The van der Waals surface area contributed by atoms with E-state index in [1.807, 2.05) is 43.3 Å². The molecule has 0 radical (unpaired) electrons. The van der Waals surface area contributed by atoms with Gasteiger partial charge in [0, 0.05) is 12.0 Å². The minimum Gasteiger partial charge on any atom is -0.379 e. The molecule has 180 valence electrons. The van der Waals surface area contributed by atoms with Gasteiger partial charge in [0.1, 0.15) is 0 Å². The number of unbranched alkanes of at least 4 members (excludes halogenated alkanes) is 6. The molecule has 0 aliphatic heterocycles. The smallest absolute Gasteiger partial charge is 0.371 e. The SMILES string of the molecule is CCCCCCCCCOP(=O)(CCOCCOCC)OOc1cccc2ccccc12. The fraction of sp³-hybridized carbons (Fsp3) is 0.600. The Kier molecular flexibility index (Phi) is 13.6. The van der Waals surface area contributed by atoms with Crippen molar-refractivity contribution in [3.8, 4) is 5.75 Å². The normalized spacial score (nSPS) is 13.3. The van der Waals surface area contributed by atoms with E-state index in [1.54, 1.807) is 6.07 Å². The molecule has 2 aromatic carbocycles. The summed E-state index contributed by atoms with van der Waals surface area (Å²) in [6, 6.07) is 13.5. The van der Waals surface area contributed by atoms with Gasteiger partial charge in [0.15, 0.2) is 5.75 Å². The third-order valence-corrected chi connectivity index (χ3v) is 6.72. The second-order valence-electron chi connectivity index (χ2n) is 7.73. The van der Waals surface area contributed by atoms with E-state index in [4.69, 9.17) is 23.6 Å². The number of benzene rings is 2. The lowest BCUT2D eigenvalue weighted by Gasteiger charge is -2.18. The van der Waals surface area contributed by atoms with Crippen molar-refractivity contribution in [3.05, 3.63) is 42.5 Å². The van der Waals surface area contributed by atoms with E-state index >= 15 is 0 Å². The Morgan fingerprint density at radius 3 is 2.28 bits per heavy atom. The number of hydrogen-bond acceptors (Lipinski definition) is 6. The van der Waals surface area contributed by atoms with Crippen LogP contribution in [0.5, 0.6) is 5.75 Å². The van der Waals surface area contributed by atoms with Crippen molar-refractivity contribution in [1.29, 1.82) is 0 Å². The molecule has 0 saturated heterocycles.